The van der Waals surface area contributed by atoms with Gasteiger partial charge in [-0.05, 0) is 43.5 Å². The molecule has 1 heterocycles. The highest BCUT2D eigenvalue weighted by atomic mass is 32.1. The fraction of sp³-hybridized carbons (Fsp3) is 0.222. The van der Waals surface area contributed by atoms with E-state index in [-0.39, 0.29) is 12.1 Å². The van der Waals surface area contributed by atoms with E-state index in [2.05, 4.69) is 17.1 Å². The number of nitrogens with zero attached hydrogens (tertiary/aromatic N) is 1. The Morgan fingerprint density at radius 3 is 2.83 bits per heavy atom. The molecular formula is C18H18N2O2S. The highest BCUT2D eigenvalue weighted by molar-refractivity contribution is 7.22. The first-order valence-corrected chi connectivity index (χ1v) is 8.34. The number of aryl methyl sites for hydroxylation is 1. The minimum Gasteiger partial charge on any atom is -0.459 e. The molecule has 1 aromatic heterocycles. The van der Waals surface area contributed by atoms with Crippen molar-refractivity contribution in [1.82, 2.24) is 4.98 Å². The van der Waals surface area contributed by atoms with Gasteiger partial charge in [0.2, 0.25) is 0 Å². The molecule has 0 spiro atoms. The normalized spacial score (nSPS) is 12.2. The molecule has 2 aromatic carbocycles. The summed E-state index contributed by atoms with van der Waals surface area (Å²) in [5, 5.41) is 0.502. The van der Waals surface area contributed by atoms with Crippen LogP contribution in [-0.4, -0.2) is 17.1 Å². The van der Waals surface area contributed by atoms with Crippen molar-refractivity contribution in [2.24, 2.45) is 0 Å². The van der Waals surface area contributed by atoms with Gasteiger partial charge >= 0.3 is 5.97 Å². The van der Waals surface area contributed by atoms with E-state index in [1.165, 1.54) is 16.9 Å². The number of hydrogen-bond donors (Lipinski definition) is 1. The lowest BCUT2D eigenvalue weighted by molar-refractivity contribution is 0.0325. The number of ether oxygens (including phenoxy) is 1. The minimum atomic E-state index is -0.306. The highest BCUT2D eigenvalue weighted by Crippen LogP contribution is 2.25. The Morgan fingerprint density at radius 2 is 2.04 bits per heavy atom. The first-order valence-electron chi connectivity index (χ1n) is 7.53. The summed E-state index contributed by atoms with van der Waals surface area (Å²) in [6.45, 7) is 1.92. The maximum absolute atomic E-state index is 12.2. The molecule has 0 aliphatic heterocycles. The maximum Gasteiger partial charge on any atom is 0.338 e. The molecule has 0 aliphatic carbocycles. The van der Waals surface area contributed by atoms with Crippen LogP contribution >= 0.6 is 11.3 Å². The molecule has 0 aliphatic rings. The third-order valence-corrected chi connectivity index (χ3v) is 4.48. The first kappa shape index (κ1) is 15.5. The number of anilines is 1. The molecule has 118 valence electrons. The van der Waals surface area contributed by atoms with Crippen LogP contribution < -0.4 is 5.73 Å². The summed E-state index contributed by atoms with van der Waals surface area (Å²) in [6.07, 6.45) is 1.55. The number of carbonyl (C=O) groups is 1. The van der Waals surface area contributed by atoms with E-state index in [0.29, 0.717) is 10.7 Å². The Kier molecular flexibility index (Phi) is 4.57. The smallest absolute Gasteiger partial charge is 0.338 e. The van der Waals surface area contributed by atoms with Crippen molar-refractivity contribution in [3.8, 4) is 0 Å². The van der Waals surface area contributed by atoms with Crippen molar-refractivity contribution in [3.05, 3.63) is 59.7 Å². The molecule has 23 heavy (non-hydrogen) atoms. The molecule has 0 bridgehead atoms. The summed E-state index contributed by atoms with van der Waals surface area (Å²) < 4.78 is 6.43. The van der Waals surface area contributed by atoms with Gasteiger partial charge in [0.15, 0.2) is 5.13 Å². The predicted octanol–water partition coefficient (Wildman–Crippen LogP) is 4.06. The van der Waals surface area contributed by atoms with Gasteiger partial charge in [0, 0.05) is 0 Å². The van der Waals surface area contributed by atoms with Crippen LogP contribution in [0.15, 0.2) is 48.5 Å². The second kappa shape index (κ2) is 6.79. The monoisotopic (exact) mass is 326 g/mol. The standard InChI is InChI=1S/C18H18N2O2S/c1-12(7-8-13-5-3-2-4-6-13)22-17(21)14-9-10-15-16(11-14)23-18(19)20-15/h2-6,9-12H,7-8H2,1H3,(H2,19,20)/t12-/m0/s1. The van der Waals surface area contributed by atoms with Gasteiger partial charge in [-0.3, -0.25) is 0 Å². The Morgan fingerprint density at radius 1 is 1.26 bits per heavy atom. The number of carbonyl (C=O) groups excluding carboxylic acids is 1. The molecule has 0 radical (unpaired) electrons. The first-order chi connectivity index (χ1) is 11.1. The van der Waals surface area contributed by atoms with Gasteiger partial charge in [-0.2, -0.15) is 0 Å². The van der Waals surface area contributed by atoms with Gasteiger partial charge in [0.1, 0.15) is 0 Å². The van der Waals surface area contributed by atoms with Crippen molar-refractivity contribution in [3.63, 3.8) is 0 Å². The Hall–Kier alpha value is -2.40. The van der Waals surface area contributed by atoms with E-state index < -0.39 is 0 Å². The number of nitrogen functional groups attached to an aromatic ring is 1. The number of rotatable bonds is 5. The summed E-state index contributed by atoms with van der Waals surface area (Å²) in [7, 11) is 0. The number of nitrogens with two attached hydrogens (primary N) is 1. The van der Waals surface area contributed by atoms with Gasteiger partial charge < -0.3 is 10.5 Å². The molecule has 1 atom stereocenters. The van der Waals surface area contributed by atoms with Gasteiger partial charge in [-0.15, -0.1) is 0 Å². The third kappa shape index (κ3) is 3.87. The lowest BCUT2D eigenvalue weighted by Gasteiger charge is -2.13. The van der Waals surface area contributed by atoms with E-state index in [4.69, 9.17) is 10.5 Å². The van der Waals surface area contributed by atoms with Gasteiger partial charge in [-0.1, -0.05) is 41.7 Å². The number of aromatic nitrogens is 1. The van der Waals surface area contributed by atoms with E-state index in [1.54, 1.807) is 18.2 Å². The van der Waals surface area contributed by atoms with E-state index in [9.17, 15) is 4.79 Å². The molecule has 0 unspecified atom stereocenters. The molecule has 4 nitrogen and oxygen atoms in total. The summed E-state index contributed by atoms with van der Waals surface area (Å²) in [4.78, 5) is 16.4. The second-order valence-corrected chi connectivity index (χ2v) is 6.54. The SMILES string of the molecule is C[C@@H](CCc1ccccc1)OC(=O)c1ccc2nc(N)sc2c1. The number of thiazole rings is 1. The molecule has 3 aromatic rings. The van der Waals surface area contributed by atoms with Crippen molar-refractivity contribution in [1.29, 1.82) is 0 Å². The zero-order valence-corrected chi connectivity index (χ0v) is 13.7. The topological polar surface area (TPSA) is 65.2 Å². The fourth-order valence-corrected chi connectivity index (χ4v) is 3.17. The number of fused-ring (bicyclic) bond motifs is 1. The Labute approximate surface area is 138 Å². The minimum absolute atomic E-state index is 0.134. The van der Waals surface area contributed by atoms with Crippen LogP contribution in [0.5, 0.6) is 0 Å². The quantitative estimate of drug-likeness (QED) is 0.718. The number of benzene rings is 2. The lowest BCUT2D eigenvalue weighted by Crippen LogP contribution is -2.15. The van der Waals surface area contributed by atoms with Crippen molar-refractivity contribution in [2.45, 2.75) is 25.9 Å². The largest absolute Gasteiger partial charge is 0.459 e. The Bertz CT molecular complexity index is 814. The van der Waals surface area contributed by atoms with Crippen molar-refractivity contribution < 1.29 is 9.53 Å². The van der Waals surface area contributed by atoms with Gasteiger partial charge in [0.25, 0.3) is 0 Å². The number of esters is 1. The van der Waals surface area contributed by atoms with Crippen molar-refractivity contribution >= 4 is 32.7 Å². The summed E-state index contributed by atoms with van der Waals surface area (Å²) >= 11 is 1.37. The molecule has 0 saturated heterocycles. The van der Waals surface area contributed by atoms with Crippen LogP contribution in [0, 0.1) is 0 Å². The van der Waals surface area contributed by atoms with E-state index in [0.717, 1.165) is 23.1 Å². The summed E-state index contributed by atoms with van der Waals surface area (Å²) in [6, 6.07) is 15.5. The molecule has 5 heteroatoms. The Balaban J connectivity index is 1.60. The zero-order chi connectivity index (χ0) is 16.2. The highest BCUT2D eigenvalue weighted by Gasteiger charge is 2.13. The van der Waals surface area contributed by atoms with Gasteiger partial charge in [-0.25, -0.2) is 9.78 Å². The zero-order valence-electron chi connectivity index (χ0n) is 12.9. The summed E-state index contributed by atoms with van der Waals surface area (Å²) in [5.74, 6) is -0.306. The number of hydrogen-bond acceptors (Lipinski definition) is 5. The van der Waals surface area contributed by atoms with Crippen LogP contribution in [0.25, 0.3) is 10.2 Å². The summed E-state index contributed by atoms with van der Waals surface area (Å²) in [5.41, 5.74) is 8.27. The average Bonchev–Trinajstić information content (AvgIpc) is 2.93. The predicted molar refractivity (Wildman–Crippen MR) is 93.7 cm³/mol. The third-order valence-electron chi connectivity index (χ3n) is 3.63. The maximum atomic E-state index is 12.2. The van der Waals surface area contributed by atoms with Crippen LogP contribution in [-0.2, 0) is 11.2 Å². The van der Waals surface area contributed by atoms with Crippen LogP contribution in [0.2, 0.25) is 0 Å². The van der Waals surface area contributed by atoms with Crippen molar-refractivity contribution in [2.75, 3.05) is 5.73 Å². The average molecular weight is 326 g/mol. The fourth-order valence-electron chi connectivity index (χ4n) is 2.39. The lowest BCUT2D eigenvalue weighted by atomic mass is 10.1. The van der Waals surface area contributed by atoms with E-state index >= 15 is 0 Å². The van der Waals surface area contributed by atoms with E-state index in [1.807, 2.05) is 25.1 Å². The van der Waals surface area contributed by atoms with Crippen LogP contribution in [0.4, 0.5) is 5.13 Å². The molecular weight excluding hydrogens is 308 g/mol. The van der Waals surface area contributed by atoms with Crippen LogP contribution in [0.3, 0.4) is 0 Å². The second-order valence-electron chi connectivity index (χ2n) is 5.47. The molecule has 3 rings (SSSR count). The molecule has 0 amide bonds. The molecule has 0 fully saturated rings. The molecule has 2 N–H and O–H groups in total. The molecule has 0 saturated carbocycles. The van der Waals surface area contributed by atoms with Crippen LogP contribution in [0.1, 0.15) is 29.3 Å². The van der Waals surface area contributed by atoms with Gasteiger partial charge in [0.05, 0.1) is 21.9 Å².